The molecule has 0 heterocycles. The van der Waals surface area contributed by atoms with E-state index in [1.165, 1.54) is 5.56 Å². The van der Waals surface area contributed by atoms with Crippen molar-refractivity contribution in [3.63, 3.8) is 0 Å². The molecule has 2 rings (SSSR count). The zero-order valence-electron chi connectivity index (χ0n) is 13.5. The van der Waals surface area contributed by atoms with Crippen molar-refractivity contribution in [2.24, 2.45) is 5.73 Å². The Balaban J connectivity index is 1.67. The first-order valence-corrected chi connectivity index (χ1v) is 7.64. The van der Waals surface area contributed by atoms with E-state index in [0.29, 0.717) is 25.3 Å². The van der Waals surface area contributed by atoms with Gasteiger partial charge in [0.15, 0.2) is 0 Å². The van der Waals surface area contributed by atoms with Crippen molar-refractivity contribution >= 4 is 11.9 Å². The topological polar surface area (TPSA) is 93.4 Å². The standard InChI is InChI=1S/C18H21N3O3/c1-13-5-7-16(8-6-13)24-10-9-20-18(23)21-12-14-3-2-4-15(11-14)17(19)22/h2-8,11H,9-10,12H2,1H3,(H2,19,22)(H2,20,21,23). The lowest BCUT2D eigenvalue weighted by Crippen LogP contribution is -2.37. The van der Waals surface area contributed by atoms with Gasteiger partial charge in [0.1, 0.15) is 12.4 Å². The smallest absolute Gasteiger partial charge is 0.315 e. The maximum Gasteiger partial charge on any atom is 0.315 e. The van der Waals surface area contributed by atoms with Crippen molar-refractivity contribution in [1.82, 2.24) is 10.6 Å². The minimum absolute atomic E-state index is 0.299. The average Bonchev–Trinajstić information content (AvgIpc) is 2.58. The van der Waals surface area contributed by atoms with Crippen LogP contribution in [0.1, 0.15) is 21.5 Å². The molecular weight excluding hydrogens is 306 g/mol. The van der Waals surface area contributed by atoms with Gasteiger partial charge in [-0.25, -0.2) is 4.79 Å². The Kier molecular flexibility index (Phi) is 6.19. The molecule has 0 fully saturated rings. The fourth-order valence-electron chi connectivity index (χ4n) is 2.05. The van der Waals surface area contributed by atoms with E-state index >= 15 is 0 Å². The molecule has 0 atom stereocenters. The molecule has 0 bridgehead atoms. The van der Waals surface area contributed by atoms with Gasteiger partial charge in [-0.05, 0) is 36.8 Å². The number of rotatable bonds is 7. The molecular formula is C18H21N3O3. The molecule has 24 heavy (non-hydrogen) atoms. The third-order valence-corrected chi connectivity index (χ3v) is 3.34. The van der Waals surface area contributed by atoms with Crippen molar-refractivity contribution in [2.75, 3.05) is 13.2 Å². The Morgan fingerprint density at radius 3 is 2.54 bits per heavy atom. The summed E-state index contributed by atoms with van der Waals surface area (Å²) in [5, 5.41) is 5.42. The second-order valence-electron chi connectivity index (χ2n) is 5.34. The minimum atomic E-state index is -0.491. The van der Waals surface area contributed by atoms with Gasteiger partial charge in [0.25, 0.3) is 0 Å². The van der Waals surface area contributed by atoms with Crippen LogP contribution in [0.4, 0.5) is 4.79 Å². The number of primary amides is 1. The summed E-state index contributed by atoms with van der Waals surface area (Å²) < 4.78 is 5.52. The van der Waals surface area contributed by atoms with Crippen LogP contribution >= 0.6 is 0 Å². The summed E-state index contributed by atoms with van der Waals surface area (Å²) in [4.78, 5) is 22.8. The second-order valence-corrected chi connectivity index (χ2v) is 5.34. The molecule has 2 aromatic rings. The van der Waals surface area contributed by atoms with Crippen LogP contribution in [0.2, 0.25) is 0 Å². The number of hydrogen-bond acceptors (Lipinski definition) is 3. The van der Waals surface area contributed by atoms with Crippen LogP contribution in [0.3, 0.4) is 0 Å². The maximum atomic E-state index is 11.7. The molecule has 0 aromatic heterocycles. The fourth-order valence-corrected chi connectivity index (χ4v) is 2.05. The van der Waals surface area contributed by atoms with Crippen LogP contribution in [0.15, 0.2) is 48.5 Å². The molecule has 6 heteroatoms. The third kappa shape index (κ3) is 5.64. The molecule has 0 saturated heterocycles. The maximum absolute atomic E-state index is 11.7. The number of aryl methyl sites for hydroxylation is 1. The van der Waals surface area contributed by atoms with Crippen LogP contribution in [-0.4, -0.2) is 25.1 Å². The average molecular weight is 327 g/mol. The van der Waals surface area contributed by atoms with Crippen molar-refractivity contribution < 1.29 is 14.3 Å². The number of ether oxygens (including phenoxy) is 1. The fraction of sp³-hybridized carbons (Fsp3) is 0.222. The molecule has 4 N–H and O–H groups in total. The van der Waals surface area contributed by atoms with E-state index in [1.807, 2.05) is 37.3 Å². The Morgan fingerprint density at radius 2 is 1.83 bits per heavy atom. The van der Waals surface area contributed by atoms with Crippen molar-refractivity contribution in [2.45, 2.75) is 13.5 Å². The molecule has 0 unspecified atom stereocenters. The Morgan fingerprint density at radius 1 is 1.08 bits per heavy atom. The molecule has 6 nitrogen and oxygen atoms in total. The molecule has 0 radical (unpaired) electrons. The first-order valence-electron chi connectivity index (χ1n) is 7.64. The number of nitrogens with two attached hydrogens (primary N) is 1. The number of amides is 3. The molecule has 2 aromatic carbocycles. The summed E-state index contributed by atoms with van der Waals surface area (Å²) in [7, 11) is 0. The monoisotopic (exact) mass is 327 g/mol. The van der Waals surface area contributed by atoms with E-state index in [0.717, 1.165) is 11.3 Å². The Bertz CT molecular complexity index is 699. The molecule has 3 amide bonds. The number of urea groups is 1. The van der Waals surface area contributed by atoms with E-state index in [9.17, 15) is 9.59 Å². The molecule has 0 aliphatic heterocycles. The number of nitrogens with one attached hydrogen (secondary N) is 2. The van der Waals surface area contributed by atoms with Gasteiger partial charge in [-0.15, -0.1) is 0 Å². The molecule has 0 saturated carbocycles. The normalized spacial score (nSPS) is 10.0. The van der Waals surface area contributed by atoms with Gasteiger partial charge in [-0.3, -0.25) is 4.79 Å². The van der Waals surface area contributed by atoms with Crippen LogP contribution in [0.5, 0.6) is 5.75 Å². The summed E-state index contributed by atoms with van der Waals surface area (Å²) in [6.07, 6.45) is 0. The van der Waals surface area contributed by atoms with E-state index in [-0.39, 0.29) is 6.03 Å². The lowest BCUT2D eigenvalue weighted by atomic mass is 10.1. The first kappa shape index (κ1) is 17.3. The van der Waals surface area contributed by atoms with Crippen LogP contribution in [0.25, 0.3) is 0 Å². The third-order valence-electron chi connectivity index (χ3n) is 3.34. The van der Waals surface area contributed by atoms with Gasteiger partial charge in [-0.1, -0.05) is 29.8 Å². The molecule has 126 valence electrons. The first-order chi connectivity index (χ1) is 11.5. The van der Waals surface area contributed by atoms with Crippen LogP contribution < -0.4 is 21.1 Å². The Labute approximate surface area is 141 Å². The van der Waals surface area contributed by atoms with Crippen molar-refractivity contribution in [3.05, 3.63) is 65.2 Å². The highest BCUT2D eigenvalue weighted by Gasteiger charge is 2.03. The zero-order chi connectivity index (χ0) is 17.4. The van der Waals surface area contributed by atoms with Gasteiger partial charge in [0.2, 0.25) is 5.91 Å². The molecule has 0 aliphatic rings. The van der Waals surface area contributed by atoms with Gasteiger partial charge >= 0.3 is 6.03 Å². The summed E-state index contributed by atoms with van der Waals surface area (Å²) in [6.45, 7) is 3.09. The van der Waals surface area contributed by atoms with E-state index in [2.05, 4.69) is 10.6 Å². The van der Waals surface area contributed by atoms with E-state index < -0.39 is 5.91 Å². The summed E-state index contributed by atoms with van der Waals surface area (Å²) in [6, 6.07) is 14.2. The highest BCUT2D eigenvalue weighted by Crippen LogP contribution is 2.10. The Hall–Kier alpha value is -3.02. The summed E-state index contributed by atoms with van der Waals surface area (Å²) in [5.74, 6) is 0.278. The lowest BCUT2D eigenvalue weighted by molar-refractivity contribution is 0.1000. The van der Waals surface area contributed by atoms with Crippen molar-refractivity contribution in [3.8, 4) is 5.75 Å². The minimum Gasteiger partial charge on any atom is -0.492 e. The quantitative estimate of drug-likeness (QED) is 0.679. The SMILES string of the molecule is Cc1ccc(OCCNC(=O)NCc2cccc(C(N)=O)c2)cc1. The number of carbonyl (C=O) groups excluding carboxylic acids is 2. The van der Waals surface area contributed by atoms with Crippen LogP contribution in [0, 0.1) is 6.92 Å². The zero-order valence-corrected chi connectivity index (χ0v) is 13.5. The van der Waals surface area contributed by atoms with Gasteiger partial charge in [0, 0.05) is 12.1 Å². The van der Waals surface area contributed by atoms with Crippen LogP contribution in [-0.2, 0) is 6.54 Å². The van der Waals surface area contributed by atoms with Crippen molar-refractivity contribution in [1.29, 1.82) is 0 Å². The largest absolute Gasteiger partial charge is 0.492 e. The van der Waals surface area contributed by atoms with Gasteiger partial charge < -0.3 is 21.1 Å². The van der Waals surface area contributed by atoms with Gasteiger partial charge in [0.05, 0.1) is 6.54 Å². The van der Waals surface area contributed by atoms with Gasteiger partial charge in [-0.2, -0.15) is 0 Å². The predicted octanol–water partition coefficient (Wildman–Crippen LogP) is 1.97. The van der Waals surface area contributed by atoms with E-state index in [1.54, 1.807) is 18.2 Å². The highest BCUT2D eigenvalue weighted by molar-refractivity contribution is 5.92. The highest BCUT2D eigenvalue weighted by atomic mass is 16.5. The second kappa shape index (κ2) is 8.57. The molecule has 0 aliphatic carbocycles. The summed E-state index contributed by atoms with van der Waals surface area (Å²) >= 11 is 0. The number of carbonyl (C=O) groups is 2. The lowest BCUT2D eigenvalue weighted by Gasteiger charge is -2.09. The molecule has 0 spiro atoms. The summed E-state index contributed by atoms with van der Waals surface area (Å²) in [5.41, 5.74) is 7.61. The number of benzene rings is 2. The predicted molar refractivity (Wildman–Crippen MR) is 91.9 cm³/mol. The van der Waals surface area contributed by atoms with E-state index in [4.69, 9.17) is 10.5 Å². The number of hydrogen-bond donors (Lipinski definition) is 3.